The van der Waals surface area contributed by atoms with Crippen LogP contribution in [0.3, 0.4) is 0 Å². The number of hydrogen-bond acceptors (Lipinski definition) is 8. The number of hydrogen-bond donors (Lipinski definition) is 8. The Bertz CT molecular complexity index is 1030. The molecule has 0 radical (unpaired) electrons. The minimum absolute atomic E-state index is 0.353. The van der Waals surface area contributed by atoms with Gasteiger partial charge >= 0.3 is 0 Å². The van der Waals surface area contributed by atoms with Crippen molar-refractivity contribution in [3.8, 4) is 0 Å². The molecule has 0 amide bonds. The molecule has 4 saturated carbocycles. The first-order valence-corrected chi connectivity index (χ1v) is 21.8. The van der Waals surface area contributed by atoms with E-state index in [1.54, 1.807) is 0 Å². The van der Waals surface area contributed by atoms with E-state index in [9.17, 15) is 0 Å². The lowest BCUT2D eigenvalue weighted by Crippen LogP contribution is -2.62. The van der Waals surface area contributed by atoms with Crippen LogP contribution in [0, 0.1) is 47.3 Å². The van der Waals surface area contributed by atoms with E-state index in [4.69, 9.17) is 0 Å². The fourth-order valence-electron chi connectivity index (χ4n) is 11.9. The molecule has 9 fully saturated rings. The summed E-state index contributed by atoms with van der Waals surface area (Å²) in [5, 5.41) is 34.1. The van der Waals surface area contributed by atoms with Gasteiger partial charge in [0.05, 0.1) is 49.3 Å². The second-order valence-corrected chi connectivity index (χ2v) is 20.3. The zero-order valence-electron chi connectivity index (χ0n) is 25.3. The summed E-state index contributed by atoms with van der Waals surface area (Å²) in [7, 11) is 0. The van der Waals surface area contributed by atoms with Crippen molar-refractivity contribution < 1.29 is 0 Å². The van der Waals surface area contributed by atoms with Gasteiger partial charge in [0.15, 0.2) is 0 Å². The Labute approximate surface area is 299 Å². The molecule has 5 heterocycles. The van der Waals surface area contributed by atoms with Gasteiger partial charge in [-0.05, 0) is 86.4 Å². The third-order valence-electron chi connectivity index (χ3n) is 13.9. The quantitative estimate of drug-likeness (QED) is 0.138. The summed E-state index contributed by atoms with van der Waals surface area (Å²) in [6, 6.07) is 0. The first kappa shape index (κ1) is 30.9. The summed E-state index contributed by atoms with van der Waals surface area (Å²) in [4.78, 5) is 0. The summed E-state index contributed by atoms with van der Waals surface area (Å²) in [5.74, 6) is 5.67. The maximum absolute atomic E-state index is 4.32. The van der Waals surface area contributed by atoms with Gasteiger partial charge in [0.25, 0.3) is 0 Å². The lowest BCUT2D eigenvalue weighted by Gasteiger charge is -2.42. The van der Waals surface area contributed by atoms with Crippen LogP contribution in [0.1, 0.15) is 83.5 Å². The molecule has 5 aliphatic heterocycles. The molecule has 9 rings (SSSR count). The highest BCUT2D eigenvalue weighted by Crippen LogP contribution is 2.49. The number of halogens is 3. The van der Waals surface area contributed by atoms with Gasteiger partial charge in [-0.3, -0.25) is 42.5 Å². The topological polar surface area (TPSA) is 96.2 Å². The van der Waals surface area contributed by atoms with Crippen molar-refractivity contribution in [2.24, 2.45) is 47.3 Å². The predicted molar refractivity (Wildman–Crippen MR) is 197 cm³/mol. The summed E-state index contributed by atoms with van der Waals surface area (Å²) in [6.45, 7) is 0. The lowest BCUT2D eigenvalue weighted by molar-refractivity contribution is 0.171. The minimum atomic E-state index is 0.353. The fourth-order valence-corrected chi connectivity index (χ4v) is 16.0. The largest absolute Gasteiger partial charge is 0.286 e. The van der Waals surface area contributed by atoms with E-state index in [1.165, 1.54) is 83.5 Å². The monoisotopic (exact) mass is 930 g/mol. The minimum Gasteiger partial charge on any atom is -0.286 e. The van der Waals surface area contributed by atoms with Gasteiger partial charge in [-0.25, -0.2) is 0 Å². The molecule has 19 atom stereocenters. The van der Waals surface area contributed by atoms with E-state index in [-0.39, 0.29) is 0 Å². The normalized spacial score (nSPS) is 59.7. The Morgan fingerprint density at radius 3 is 0.930 bits per heavy atom. The van der Waals surface area contributed by atoms with Crippen LogP contribution in [-0.2, 0) is 0 Å². The number of rotatable bonds is 0. The number of nitrogens with one attached hydrogen (secondary N) is 8. The van der Waals surface area contributed by atoms with Crippen molar-refractivity contribution in [3.05, 3.63) is 0 Å². The van der Waals surface area contributed by atoms with E-state index in [0.29, 0.717) is 65.1 Å². The SMILES string of the molecule is IC1CC2C3NC4NC(NC5NC(NC6NC(NC(N3)C2C(I)C1I)C1CCCCC61)C1CCCCC51)C1CCCCC41. The van der Waals surface area contributed by atoms with Crippen molar-refractivity contribution in [2.75, 3.05) is 0 Å². The molecule has 0 aromatic carbocycles. The second-order valence-electron chi connectivity index (χ2n) is 15.9. The van der Waals surface area contributed by atoms with E-state index in [1.807, 2.05) is 0 Å². The molecule has 8 bridgehead atoms. The van der Waals surface area contributed by atoms with Crippen LogP contribution in [0.4, 0.5) is 0 Å². The average molecular weight is 931 g/mol. The third-order valence-corrected chi connectivity index (χ3v) is 21.2. The maximum atomic E-state index is 4.32. The first-order valence-electron chi connectivity index (χ1n) is 18.0. The molecule has 0 aromatic rings. The van der Waals surface area contributed by atoms with Gasteiger partial charge in [0, 0.05) is 17.7 Å². The maximum Gasteiger partial charge on any atom is 0.0639 e. The molecule has 9 aliphatic rings. The molecule has 8 nitrogen and oxygen atoms in total. The average Bonchev–Trinajstić information content (AvgIpc) is 3.75. The van der Waals surface area contributed by atoms with Gasteiger partial charge in [0.1, 0.15) is 0 Å². The van der Waals surface area contributed by atoms with Crippen LogP contribution in [-0.4, -0.2) is 61.1 Å². The predicted octanol–water partition coefficient (Wildman–Crippen LogP) is 3.85. The molecular formula is C32H53I3N8. The Balaban J connectivity index is 1.07. The molecule has 242 valence electrons. The lowest BCUT2D eigenvalue weighted by atomic mass is 9.76. The highest BCUT2D eigenvalue weighted by molar-refractivity contribution is 14.1. The van der Waals surface area contributed by atoms with Crippen molar-refractivity contribution in [1.29, 1.82) is 0 Å². The molecular weight excluding hydrogens is 877 g/mol. The first-order chi connectivity index (χ1) is 21.0. The van der Waals surface area contributed by atoms with Crippen molar-refractivity contribution in [1.82, 2.24) is 42.5 Å². The zero-order chi connectivity index (χ0) is 28.8. The molecule has 11 heteroatoms. The van der Waals surface area contributed by atoms with Gasteiger partial charge in [-0.1, -0.05) is 106 Å². The highest BCUT2D eigenvalue weighted by Gasteiger charge is 2.57. The van der Waals surface area contributed by atoms with E-state index >= 15 is 0 Å². The van der Waals surface area contributed by atoms with E-state index in [2.05, 4.69) is 110 Å². The molecule has 0 aromatic heterocycles. The third kappa shape index (κ3) is 5.44. The second kappa shape index (κ2) is 12.6. The van der Waals surface area contributed by atoms with E-state index < -0.39 is 0 Å². The van der Waals surface area contributed by atoms with Crippen molar-refractivity contribution >= 4 is 67.8 Å². The Kier molecular flexibility index (Phi) is 9.08. The Morgan fingerprint density at radius 1 is 0.326 bits per heavy atom. The Morgan fingerprint density at radius 2 is 0.605 bits per heavy atom. The summed E-state index contributed by atoms with van der Waals surface area (Å²) in [6.07, 6.45) is 20.9. The summed E-state index contributed by atoms with van der Waals surface area (Å²) >= 11 is 8.39. The fraction of sp³-hybridized carbons (Fsp3) is 1.00. The van der Waals surface area contributed by atoms with Crippen LogP contribution in [0.25, 0.3) is 0 Å². The van der Waals surface area contributed by atoms with Gasteiger partial charge in [-0.15, -0.1) is 0 Å². The van der Waals surface area contributed by atoms with E-state index in [0.717, 1.165) is 43.4 Å². The van der Waals surface area contributed by atoms with Crippen LogP contribution in [0.2, 0.25) is 0 Å². The Hall–Kier alpha value is 1.87. The van der Waals surface area contributed by atoms with Crippen LogP contribution in [0.15, 0.2) is 0 Å². The van der Waals surface area contributed by atoms with Crippen LogP contribution >= 0.6 is 67.8 Å². The standard InChI is InChI=1S/C32H53I3N8/c33-21-13-20-22(24(35)23(21)34)32-42-30-19-12-6-5-11-18(19)28(40-30)38-26-15-8-2-1-7-14(15)25(36-26)37-27-16-9-3-4-10-17(16)29(39-27)41-31(20)43-32/h14-32,36-43H,1-13H2. The number of alkyl halides is 3. The van der Waals surface area contributed by atoms with Gasteiger partial charge < -0.3 is 0 Å². The van der Waals surface area contributed by atoms with Gasteiger partial charge in [-0.2, -0.15) is 0 Å². The molecule has 5 saturated heterocycles. The molecule has 4 aliphatic carbocycles. The molecule has 8 N–H and O–H groups in total. The van der Waals surface area contributed by atoms with Gasteiger partial charge in [0.2, 0.25) is 0 Å². The van der Waals surface area contributed by atoms with Crippen molar-refractivity contribution in [3.63, 3.8) is 0 Å². The number of fused-ring (bicyclic) bond motifs is 20. The van der Waals surface area contributed by atoms with Crippen LogP contribution in [0.5, 0.6) is 0 Å². The molecule has 43 heavy (non-hydrogen) atoms. The molecule has 0 spiro atoms. The highest BCUT2D eigenvalue weighted by atomic mass is 127. The molecule has 19 unspecified atom stereocenters. The zero-order valence-corrected chi connectivity index (χ0v) is 31.8. The summed E-state index contributed by atoms with van der Waals surface area (Å²) in [5.41, 5.74) is 0. The summed E-state index contributed by atoms with van der Waals surface area (Å²) < 4.78 is 2.13. The van der Waals surface area contributed by atoms with Crippen LogP contribution < -0.4 is 42.5 Å². The smallest absolute Gasteiger partial charge is 0.0639 e. The van der Waals surface area contributed by atoms with Crippen molar-refractivity contribution in [2.45, 2.75) is 145 Å².